The second-order valence-electron chi connectivity index (χ2n) is 4.65. The van der Waals surface area contributed by atoms with Gasteiger partial charge in [-0.25, -0.2) is 0 Å². The maximum absolute atomic E-state index is 8.83. The van der Waals surface area contributed by atoms with E-state index in [9.17, 15) is 0 Å². The van der Waals surface area contributed by atoms with Gasteiger partial charge in [0.15, 0.2) is 5.84 Å². The molecule has 0 bridgehead atoms. The fourth-order valence-corrected chi connectivity index (χ4v) is 3.25. The highest BCUT2D eigenvalue weighted by Gasteiger charge is 2.27. The molecule has 0 aromatic heterocycles. The number of oxime groups is 1. The lowest BCUT2D eigenvalue weighted by Crippen LogP contribution is -2.18. The van der Waals surface area contributed by atoms with Crippen LogP contribution in [0.4, 0.5) is 0 Å². The summed E-state index contributed by atoms with van der Waals surface area (Å²) in [7, 11) is 2.82. The van der Waals surface area contributed by atoms with Crippen LogP contribution in [0.15, 0.2) is 23.4 Å². The third kappa shape index (κ3) is 2.36. The summed E-state index contributed by atoms with van der Waals surface area (Å²) in [6, 6.07) is 6.47. The first kappa shape index (κ1) is 13.3. The Balaban J connectivity index is 2.35. The van der Waals surface area contributed by atoms with Gasteiger partial charge in [-0.1, -0.05) is 39.7 Å². The van der Waals surface area contributed by atoms with Crippen molar-refractivity contribution in [1.29, 1.82) is 0 Å². The molecule has 2 rings (SSSR count). The summed E-state index contributed by atoms with van der Waals surface area (Å²) >= 11 is 0. The third-order valence-electron chi connectivity index (χ3n) is 3.50. The molecule has 0 amide bonds. The van der Waals surface area contributed by atoms with Crippen LogP contribution >= 0.6 is 9.39 Å². The largest absolute Gasteiger partial charge is 0.409 e. The standard InChI is InChI=1S/C13H20N3OP/c1-2-8-16(18)12-7-6-9-10(12)4-3-5-11(9)13(14)15-17/h3-5,12,17H,2,6-8,18H2,1H3,(H2,14,15)/t12-/m0/s1. The zero-order valence-electron chi connectivity index (χ0n) is 10.6. The van der Waals surface area contributed by atoms with Crippen molar-refractivity contribution in [2.75, 3.05) is 6.54 Å². The Kier molecular flexibility index (Phi) is 4.20. The molecule has 98 valence electrons. The molecule has 0 fully saturated rings. The van der Waals surface area contributed by atoms with Gasteiger partial charge in [0.05, 0.1) is 0 Å². The van der Waals surface area contributed by atoms with Gasteiger partial charge in [0, 0.05) is 18.2 Å². The van der Waals surface area contributed by atoms with E-state index in [0.717, 1.165) is 31.4 Å². The minimum absolute atomic E-state index is 0.207. The molecule has 0 saturated heterocycles. The fourth-order valence-electron chi connectivity index (χ4n) is 2.68. The molecule has 1 aliphatic rings. The molecular weight excluding hydrogens is 245 g/mol. The molecule has 1 unspecified atom stereocenters. The molecule has 18 heavy (non-hydrogen) atoms. The van der Waals surface area contributed by atoms with Crippen LogP contribution in [0.2, 0.25) is 0 Å². The first-order valence-electron chi connectivity index (χ1n) is 6.30. The van der Waals surface area contributed by atoms with E-state index in [2.05, 4.69) is 32.2 Å². The van der Waals surface area contributed by atoms with Gasteiger partial charge in [-0.2, -0.15) is 0 Å². The number of hydrogen-bond donors (Lipinski definition) is 2. The van der Waals surface area contributed by atoms with Gasteiger partial charge in [0.2, 0.25) is 0 Å². The van der Waals surface area contributed by atoms with E-state index in [1.54, 1.807) is 0 Å². The SMILES string of the molecule is CCCN(P)[C@H]1CCc2c(C(N)=NO)cccc21. The van der Waals surface area contributed by atoms with Crippen molar-refractivity contribution < 1.29 is 5.21 Å². The summed E-state index contributed by atoms with van der Waals surface area (Å²) < 4.78 is 2.31. The number of fused-ring (bicyclic) bond motifs is 1. The molecule has 3 N–H and O–H groups in total. The summed E-state index contributed by atoms with van der Waals surface area (Å²) in [6.45, 7) is 3.24. The second-order valence-corrected chi connectivity index (χ2v) is 5.31. The smallest absolute Gasteiger partial charge is 0.170 e. The van der Waals surface area contributed by atoms with Crippen molar-refractivity contribution in [3.05, 3.63) is 34.9 Å². The second kappa shape index (κ2) is 5.68. The fraction of sp³-hybridized carbons (Fsp3) is 0.462. The quantitative estimate of drug-likeness (QED) is 0.288. The highest BCUT2D eigenvalue weighted by atomic mass is 31.0. The van der Waals surface area contributed by atoms with Crippen molar-refractivity contribution >= 4 is 15.2 Å². The lowest BCUT2D eigenvalue weighted by Gasteiger charge is -2.24. The lowest BCUT2D eigenvalue weighted by molar-refractivity contribution is 0.318. The average Bonchev–Trinajstić information content (AvgIpc) is 2.81. The molecule has 5 heteroatoms. The van der Waals surface area contributed by atoms with Crippen molar-refractivity contribution in [1.82, 2.24) is 4.67 Å². The molecule has 0 saturated carbocycles. The summed E-state index contributed by atoms with van der Waals surface area (Å²) in [5.41, 5.74) is 9.13. The van der Waals surface area contributed by atoms with Crippen LogP contribution in [0.3, 0.4) is 0 Å². The summed E-state index contributed by atoms with van der Waals surface area (Å²) in [5.74, 6) is 0.207. The van der Waals surface area contributed by atoms with E-state index in [0.29, 0.717) is 6.04 Å². The molecule has 1 aromatic rings. The van der Waals surface area contributed by atoms with E-state index in [4.69, 9.17) is 10.9 Å². The van der Waals surface area contributed by atoms with Gasteiger partial charge in [0.25, 0.3) is 0 Å². The van der Waals surface area contributed by atoms with E-state index in [1.807, 2.05) is 12.1 Å². The van der Waals surface area contributed by atoms with Crippen LogP contribution in [-0.4, -0.2) is 22.3 Å². The normalized spacial score (nSPS) is 19.3. The Morgan fingerprint density at radius 2 is 2.39 bits per heavy atom. The minimum Gasteiger partial charge on any atom is -0.409 e. The Hall–Kier alpha value is -1.12. The molecule has 4 nitrogen and oxygen atoms in total. The molecule has 0 spiro atoms. The lowest BCUT2D eigenvalue weighted by atomic mass is 10.0. The predicted molar refractivity (Wildman–Crippen MR) is 76.7 cm³/mol. The molecule has 1 aromatic carbocycles. The Labute approximate surface area is 110 Å². The molecular formula is C13H20N3OP. The molecule has 0 radical (unpaired) electrons. The number of hydrogen-bond acceptors (Lipinski definition) is 3. The topological polar surface area (TPSA) is 61.8 Å². The van der Waals surface area contributed by atoms with Gasteiger partial charge in [-0.3, -0.25) is 4.67 Å². The Morgan fingerprint density at radius 1 is 1.61 bits per heavy atom. The maximum atomic E-state index is 8.83. The average molecular weight is 265 g/mol. The Morgan fingerprint density at radius 3 is 3.06 bits per heavy atom. The zero-order valence-corrected chi connectivity index (χ0v) is 11.8. The minimum atomic E-state index is 0.207. The van der Waals surface area contributed by atoms with Gasteiger partial charge < -0.3 is 10.9 Å². The van der Waals surface area contributed by atoms with Gasteiger partial charge >= 0.3 is 0 Å². The Bertz CT molecular complexity index is 462. The van der Waals surface area contributed by atoms with Crippen LogP contribution in [0.1, 0.15) is 42.5 Å². The monoisotopic (exact) mass is 265 g/mol. The summed E-state index contributed by atoms with van der Waals surface area (Å²) in [4.78, 5) is 0. The van der Waals surface area contributed by atoms with E-state index < -0.39 is 0 Å². The summed E-state index contributed by atoms with van der Waals surface area (Å²) in [6.07, 6.45) is 3.21. The van der Waals surface area contributed by atoms with E-state index in [1.165, 1.54) is 11.1 Å². The van der Waals surface area contributed by atoms with E-state index in [-0.39, 0.29) is 5.84 Å². The third-order valence-corrected chi connectivity index (χ3v) is 4.12. The molecule has 2 atom stereocenters. The first-order valence-corrected chi connectivity index (χ1v) is 6.81. The number of rotatable bonds is 4. The van der Waals surface area contributed by atoms with Gasteiger partial charge in [-0.05, 0) is 30.4 Å². The van der Waals surface area contributed by atoms with Crippen LogP contribution in [-0.2, 0) is 6.42 Å². The van der Waals surface area contributed by atoms with Crippen LogP contribution in [0, 0.1) is 0 Å². The maximum Gasteiger partial charge on any atom is 0.170 e. The predicted octanol–water partition coefficient (Wildman–Crippen LogP) is 2.27. The van der Waals surface area contributed by atoms with Crippen molar-refractivity contribution in [3.8, 4) is 0 Å². The van der Waals surface area contributed by atoms with Crippen molar-refractivity contribution in [2.24, 2.45) is 10.9 Å². The summed E-state index contributed by atoms with van der Waals surface area (Å²) in [5, 5.41) is 11.9. The van der Waals surface area contributed by atoms with Crippen molar-refractivity contribution in [2.45, 2.75) is 32.2 Å². The zero-order chi connectivity index (χ0) is 13.1. The number of amidine groups is 1. The first-order chi connectivity index (χ1) is 8.69. The van der Waals surface area contributed by atoms with Gasteiger partial charge in [0.1, 0.15) is 0 Å². The number of nitrogens with zero attached hydrogens (tertiary/aromatic N) is 2. The highest BCUT2D eigenvalue weighted by molar-refractivity contribution is 7.13. The van der Waals surface area contributed by atoms with Crippen LogP contribution in [0.5, 0.6) is 0 Å². The molecule has 1 aliphatic carbocycles. The van der Waals surface area contributed by atoms with Gasteiger partial charge in [-0.15, -0.1) is 0 Å². The van der Waals surface area contributed by atoms with Crippen molar-refractivity contribution in [3.63, 3.8) is 0 Å². The molecule has 0 heterocycles. The number of benzene rings is 1. The van der Waals surface area contributed by atoms with Crippen LogP contribution < -0.4 is 5.73 Å². The van der Waals surface area contributed by atoms with E-state index >= 15 is 0 Å². The van der Waals surface area contributed by atoms with Crippen LogP contribution in [0.25, 0.3) is 0 Å². The molecule has 0 aliphatic heterocycles. The highest BCUT2D eigenvalue weighted by Crippen LogP contribution is 2.38. The number of nitrogens with two attached hydrogens (primary N) is 1.